The molecule has 147 heavy (non-hydrogen) atoms. The van der Waals surface area contributed by atoms with Crippen LogP contribution in [0, 0.1) is 34.6 Å². The molecule has 0 aliphatic heterocycles. The Balaban J connectivity index is 0.000000116. The Labute approximate surface area is 854 Å². The van der Waals surface area contributed by atoms with Gasteiger partial charge in [0.15, 0.2) is 57.3 Å². The number of rotatable bonds is 21. The second-order valence-corrected chi connectivity index (χ2v) is 37.9. The van der Waals surface area contributed by atoms with Gasteiger partial charge in [-0.15, -0.1) is 0 Å². The fourth-order valence-electron chi connectivity index (χ4n) is 20.1. The Hall–Kier alpha value is -17.0. The Morgan fingerprint density at radius 3 is 1.02 bits per heavy atom. The molecular formula is C110H111ClN30O5S. The Morgan fingerprint density at radius 2 is 0.639 bits per heavy atom. The maximum atomic E-state index is 13.8. The Morgan fingerprint density at radius 1 is 0.327 bits per heavy atom. The molecule has 0 amide bonds. The van der Waals surface area contributed by atoms with Crippen LogP contribution >= 0.6 is 25.1 Å². The molecule has 35 nitrogen and oxygen atoms in total. The number of aryl methyl sites for hydroxylation is 5. The highest BCUT2D eigenvalue weighted by Gasteiger charge is 2.31. The highest BCUT2D eigenvalue weighted by Crippen LogP contribution is 2.39. The summed E-state index contributed by atoms with van der Waals surface area (Å²) in [6.45, 7) is 24.3. The molecule has 2 fully saturated rings. The minimum absolute atomic E-state index is 0. The van der Waals surface area contributed by atoms with Gasteiger partial charge in [0.25, 0.3) is 27.8 Å². The summed E-state index contributed by atoms with van der Waals surface area (Å²) in [6, 6.07) is 57.3. The first-order valence-corrected chi connectivity index (χ1v) is 49.4. The normalized spacial score (nSPS) is 13.7. The third-order valence-corrected chi connectivity index (χ3v) is 27.9. The van der Waals surface area contributed by atoms with Gasteiger partial charge < -0.3 is 65.2 Å². The zero-order chi connectivity index (χ0) is 101. The van der Waals surface area contributed by atoms with Crippen molar-refractivity contribution in [2.75, 3.05) is 26.6 Å². The molecule has 10 N–H and O–H groups in total. The van der Waals surface area contributed by atoms with Crippen LogP contribution in [-0.2, 0) is 0 Å². The Kier molecular flexibility index (Phi) is 28.5. The van der Waals surface area contributed by atoms with E-state index < -0.39 is 0 Å². The van der Waals surface area contributed by atoms with E-state index in [2.05, 4.69) is 171 Å². The quantitative estimate of drug-likeness (QED) is 0.0319. The number of pyridine rings is 5. The number of benzene rings is 7. The van der Waals surface area contributed by atoms with Crippen LogP contribution in [0.2, 0.25) is 5.02 Å². The number of fused-ring (bicyclic) bond motifs is 10. The number of imidazole rings is 5. The summed E-state index contributed by atoms with van der Waals surface area (Å²) in [6.07, 6.45) is 23.9. The molecule has 2 aliphatic carbocycles. The average molecular weight is 2000 g/mol. The van der Waals surface area contributed by atoms with Crippen molar-refractivity contribution >= 4 is 164 Å². The molecule has 0 radical (unpaired) electrons. The van der Waals surface area contributed by atoms with Gasteiger partial charge in [-0.05, 0) is 225 Å². The van der Waals surface area contributed by atoms with Gasteiger partial charge in [-0.25, -0.2) is 74.8 Å². The predicted octanol–water partition coefficient (Wildman–Crippen LogP) is 21.3. The number of aromatic nitrogens is 25. The van der Waals surface area contributed by atoms with Crippen LogP contribution in [0.3, 0.4) is 0 Å². The molecule has 0 saturated heterocycles. The number of anilines is 5. The summed E-state index contributed by atoms with van der Waals surface area (Å²) in [5.74, 6) is 3.31. The largest absolute Gasteiger partial charge is 0.360 e. The van der Waals surface area contributed by atoms with Gasteiger partial charge in [0.2, 0.25) is 0 Å². The monoisotopic (exact) mass is 2000 g/mol. The standard InChI is InChI=1S/C25H24N6O.C22H17ClN6O.C22H24N6O.C21H22N6O.C20H22N6O.H2S/c1-4-19(30-24-22-23(27-13-26-22)28-14-29-24)20-12-17-7-5-6-16(3)21(17)25(32)31(20)18-10-8-15(2)9-11-18;1-13(28-21-19-20(25-11-24-19)26-12-27-21)17-10-14-6-5-9-16(23)18(14)22(30)29(17)15-7-3-2-4-8-15;1-13-6-5-7-15-10-17(28(22(29)18(13)15)16-8-3-4-9-16)14(2)27-21-19-20(24-11-23-19)25-12-26-21;1-12-5-3-6-14-9-16(27(15-7-4-8-15)21(28)17(12)14)13(2)26-20-18-19(23-10-22-18)24-11-25-20;1-11(2)26-15(8-14-7-5-6-12(3)16(14)20(26)27)13(4)25-19-17-18(22-9-21-17)23-10-24-19;/h5-14,19H,4H2,1-3H3,(H2,26,27,28,29,30);2-13H,1H3,(H2,24,25,26,27,28);5-7,10-12,14,16H,3-4,8-9H2,1-2H3,(H2,23,24,25,26,27);3,5-6,9-11,13,15H,4,7-8H2,1-2H3,(H2,22,23,24,25,26);5-11,13H,1-4H3,(H2,21,22,23,24,25);1H2/t;;;;13-;/m....0./s1. The van der Waals surface area contributed by atoms with Gasteiger partial charge in [0, 0.05) is 58.0 Å². The third-order valence-electron chi connectivity index (χ3n) is 27.6. The van der Waals surface area contributed by atoms with Crippen molar-refractivity contribution in [2.45, 2.75) is 183 Å². The highest BCUT2D eigenvalue weighted by atomic mass is 35.5. The second-order valence-electron chi connectivity index (χ2n) is 37.5. The van der Waals surface area contributed by atoms with Crippen molar-refractivity contribution in [1.82, 2.24) is 123 Å². The van der Waals surface area contributed by atoms with Crippen molar-refractivity contribution in [3.63, 3.8) is 0 Å². The van der Waals surface area contributed by atoms with E-state index in [-0.39, 0.29) is 89.6 Å². The molecule has 2 saturated carbocycles. The molecule has 4 unspecified atom stereocenters. The van der Waals surface area contributed by atoms with Gasteiger partial charge in [-0.3, -0.25) is 33.1 Å². The molecule has 2 aliphatic rings. The van der Waals surface area contributed by atoms with Gasteiger partial charge in [-0.1, -0.05) is 152 Å². The van der Waals surface area contributed by atoms with Crippen LogP contribution in [-0.4, -0.2) is 123 Å². The molecule has 0 bridgehead atoms. The molecule has 15 aromatic heterocycles. The van der Waals surface area contributed by atoms with Crippen molar-refractivity contribution < 1.29 is 0 Å². The number of hydrogen-bond donors (Lipinski definition) is 10. The minimum Gasteiger partial charge on any atom is -0.360 e. The molecule has 7 aromatic carbocycles. The average Bonchev–Trinajstić information content (AvgIpc) is 1.64. The number of nitrogens with one attached hydrogen (secondary N) is 10. The van der Waals surface area contributed by atoms with Crippen molar-refractivity contribution in [2.24, 2.45) is 0 Å². The second kappa shape index (κ2) is 42.5. The van der Waals surface area contributed by atoms with E-state index in [1.807, 2.05) is 226 Å². The van der Waals surface area contributed by atoms with Crippen LogP contribution in [0.25, 0.3) is 121 Å². The van der Waals surface area contributed by atoms with E-state index >= 15 is 0 Å². The number of halogens is 1. The minimum atomic E-state index is -0.248. The first-order chi connectivity index (χ1) is 70.9. The summed E-state index contributed by atoms with van der Waals surface area (Å²) in [5, 5.41) is 26.0. The lowest BCUT2D eigenvalue weighted by Crippen LogP contribution is -2.33. The zero-order valence-corrected chi connectivity index (χ0v) is 84.9. The van der Waals surface area contributed by atoms with Gasteiger partial charge in [0.1, 0.15) is 59.2 Å². The summed E-state index contributed by atoms with van der Waals surface area (Å²) >= 11 is 6.38. The lowest BCUT2D eigenvalue weighted by Gasteiger charge is -2.32. The smallest absolute Gasteiger partial charge is 0.264 e. The molecule has 22 aromatic rings. The number of aromatic amines is 5. The zero-order valence-electron chi connectivity index (χ0n) is 83.2. The first-order valence-electron chi connectivity index (χ1n) is 49.0. The van der Waals surface area contributed by atoms with Crippen LogP contribution in [0.15, 0.2) is 263 Å². The Bertz CT molecular complexity index is 8990. The molecular weight excluding hydrogens is 1890 g/mol. The number of para-hydroxylation sites is 1. The number of hydrogen-bond acceptors (Lipinski definition) is 25. The van der Waals surface area contributed by atoms with Crippen molar-refractivity contribution in [3.05, 3.63) is 352 Å². The third kappa shape index (κ3) is 19.6. The van der Waals surface area contributed by atoms with E-state index in [0.29, 0.717) is 73.3 Å². The summed E-state index contributed by atoms with van der Waals surface area (Å²) < 4.78 is 9.41. The van der Waals surface area contributed by atoms with Crippen LogP contribution in [0.5, 0.6) is 0 Å². The topological polar surface area (TPSA) is 442 Å². The van der Waals surface area contributed by atoms with Crippen LogP contribution in [0.4, 0.5) is 29.1 Å². The van der Waals surface area contributed by atoms with Gasteiger partial charge in [-0.2, -0.15) is 13.5 Å². The first kappa shape index (κ1) is 98.7. The molecule has 0 spiro atoms. The van der Waals surface area contributed by atoms with E-state index in [4.69, 9.17) is 11.6 Å². The van der Waals surface area contributed by atoms with Gasteiger partial charge >= 0.3 is 0 Å². The molecule has 24 rings (SSSR count). The molecule has 37 heteroatoms. The summed E-state index contributed by atoms with van der Waals surface area (Å²) in [7, 11) is 0. The summed E-state index contributed by atoms with van der Waals surface area (Å²) in [4.78, 5) is 147. The fraction of sp³-hybridized carbons (Fsp3) is 0.255. The molecule has 744 valence electrons. The van der Waals surface area contributed by atoms with E-state index in [1.165, 1.54) is 50.9 Å². The lowest BCUT2D eigenvalue weighted by molar-refractivity contribution is 0.298. The fourth-order valence-corrected chi connectivity index (χ4v) is 20.4. The van der Waals surface area contributed by atoms with Gasteiger partial charge in [0.05, 0.1) is 93.8 Å². The number of nitrogens with zero attached hydrogens (tertiary/aromatic N) is 20. The van der Waals surface area contributed by atoms with E-state index in [1.54, 1.807) is 42.3 Å². The van der Waals surface area contributed by atoms with Crippen LogP contribution in [0.1, 0.15) is 204 Å². The maximum absolute atomic E-state index is 13.8. The number of H-pyrrole nitrogens is 5. The maximum Gasteiger partial charge on any atom is 0.264 e. The van der Waals surface area contributed by atoms with Crippen LogP contribution < -0.4 is 54.4 Å². The van der Waals surface area contributed by atoms with Crippen molar-refractivity contribution in [3.8, 4) is 11.4 Å². The molecule has 5 atom stereocenters. The summed E-state index contributed by atoms with van der Waals surface area (Å²) in [5.41, 5.74) is 18.2. The van der Waals surface area contributed by atoms with Crippen molar-refractivity contribution in [1.29, 1.82) is 0 Å². The molecule has 15 heterocycles. The highest BCUT2D eigenvalue weighted by molar-refractivity contribution is 7.59. The lowest BCUT2D eigenvalue weighted by atomic mass is 9.91. The SMILES string of the molecule is CC(Nc1ncnc2nc[nH]c12)c1cc2cccc(Cl)c2c(=O)n1-c1ccccc1.CCC(Nc1ncnc2nc[nH]c12)c1cc2cccc(C)c2c(=O)n1-c1ccc(C)cc1.Cc1cccc2cc(C(C)Nc3ncnc4nc[nH]c34)n(C3CCC3)c(=O)c12.Cc1cccc2cc(C(C)Nc3ncnc4nc[nH]c34)n(C3CCCC3)c(=O)c12.Cc1cccc2cc([C@H](C)Nc3ncnc4nc[nH]c34)n(C(C)C)c(=O)c12.S. The predicted molar refractivity (Wildman–Crippen MR) is 587 cm³/mol. The van der Waals surface area contributed by atoms with E-state index in [0.717, 1.165) is 170 Å². The van der Waals surface area contributed by atoms with E-state index in [9.17, 15) is 24.0 Å².